The minimum Gasteiger partial charge on any atom is -0.354 e. The van der Waals surface area contributed by atoms with E-state index in [2.05, 4.69) is 29.1 Å². The molecule has 8 heteroatoms. The number of fused-ring (bicyclic) bond motifs is 1. The molecule has 2 heterocycles. The maximum absolute atomic E-state index is 12.0. The number of aryl methyl sites for hydroxylation is 2. The second-order valence-electron chi connectivity index (χ2n) is 5.74. The second kappa shape index (κ2) is 7.79. The number of nitrogens with two attached hydrogens (primary N) is 1. The predicted octanol–water partition coefficient (Wildman–Crippen LogP) is 2.68. The summed E-state index contributed by atoms with van der Waals surface area (Å²) in [5, 5.41) is 4.88. The summed E-state index contributed by atoms with van der Waals surface area (Å²) in [6, 6.07) is 0.0986. The number of hydrogen-bond donors (Lipinski definition) is 2. The molecule has 0 aromatic carbocycles. The zero-order valence-corrected chi connectivity index (χ0v) is 15.6. The minimum absolute atomic E-state index is 0. The van der Waals surface area contributed by atoms with Gasteiger partial charge in [0, 0.05) is 22.8 Å². The van der Waals surface area contributed by atoms with Crippen molar-refractivity contribution in [1.82, 2.24) is 15.3 Å². The number of thiophene rings is 1. The van der Waals surface area contributed by atoms with Crippen molar-refractivity contribution in [3.63, 3.8) is 0 Å². The fourth-order valence-corrected chi connectivity index (χ4v) is 4.31. The third kappa shape index (κ3) is 4.35. The van der Waals surface area contributed by atoms with Crippen molar-refractivity contribution in [2.45, 2.75) is 37.8 Å². The van der Waals surface area contributed by atoms with Crippen LogP contribution in [0.15, 0.2) is 11.4 Å². The largest absolute Gasteiger partial charge is 0.354 e. The summed E-state index contributed by atoms with van der Waals surface area (Å²) in [5.41, 5.74) is 7.20. The van der Waals surface area contributed by atoms with Crippen molar-refractivity contribution < 1.29 is 4.79 Å². The van der Waals surface area contributed by atoms with Crippen molar-refractivity contribution in [2.24, 2.45) is 11.7 Å². The number of carbonyl (C=O) groups is 1. The molecule has 1 aliphatic carbocycles. The number of aromatic nitrogens is 2. The summed E-state index contributed by atoms with van der Waals surface area (Å²) >= 11 is 3.13. The molecule has 23 heavy (non-hydrogen) atoms. The zero-order valence-electron chi connectivity index (χ0n) is 13.2. The van der Waals surface area contributed by atoms with E-state index in [4.69, 9.17) is 5.73 Å². The lowest BCUT2D eigenvalue weighted by Crippen LogP contribution is -2.39. The molecule has 0 saturated heterocycles. The first-order valence-corrected chi connectivity index (χ1v) is 9.22. The van der Waals surface area contributed by atoms with E-state index in [1.165, 1.54) is 35.0 Å². The molecule has 126 valence electrons. The van der Waals surface area contributed by atoms with Gasteiger partial charge in [-0.2, -0.15) is 0 Å². The highest BCUT2D eigenvalue weighted by Gasteiger charge is 2.28. The first-order chi connectivity index (χ1) is 10.6. The van der Waals surface area contributed by atoms with Crippen LogP contribution in [0.1, 0.15) is 23.3 Å². The van der Waals surface area contributed by atoms with Gasteiger partial charge in [0.1, 0.15) is 16.2 Å². The number of nitrogens with zero attached hydrogens (tertiary/aromatic N) is 2. The van der Waals surface area contributed by atoms with Crippen LogP contribution in [0, 0.1) is 19.8 Å². The lowest BCUT2D eigenvalue weighted by Gasteiger charge is -2.11. The fourth-order valence-electron chi connectivity index (χ4n) is 2.37. The SMILES string of the molecule is Cc1sc2ncnc(SCC(=O)NCC(N)C3CC3)c2c1C.Cl. The van der Waals surface area contributed by atoms with E-state index >= 15 is 0 Å². The maximum atomic E-state index is 12.0. The first-order valence-electron chi connectivity index (χ1n) is 7.42. The van der Waals surface area contributed by atoms with Crippen LogP contribution in [-0.4, -0.2) is 34.2 Å². The minimum atomic E-state index is 0. The summed E-state index contributed by atoms with van der Waals surface area (Å²) in [5.74, 6) is 0.973. The van der Waals surface area contributed by atoms with E-state index in [-0.39, 0.29) is 24.4 Å². The average molecular weight is 373 g/mol. The summed E-state index contributed by atoms with van der Waals surface area (Å²) in [4.78, 5) is 22.9. The Morgan fingerprint density at radius 3 is 2.91 bits per heavy atom. The summed E-state index contributed by atoms with van der Waals surface area (Å²) in [6.45, 7) is 4.73. The van der Waals surface area contributed by atoms with Crippen molar-refractivity contribution in [3.8, 4) is 0 Å². The quantitative estimate of drug-likeness (QED) is 0.601. The van der Waals surface area contributed by atoms with Gasteiger partial charge in [-0.1, -0.05) is 11.8 Å². The van der Waals surface area contributed by atoms with E-state index in [9.17, 15) is 4.79 Å². The van der Waals surface area contributed by atoms with E-state index in [1.54, 1.807) is 17.7 Å². The van der Waals surface area contributed by atoms with Gasteiger partial charge in [-0.15, -0.1) is 23.7 Å². The standard InChI is InChI=1S/C15H20N4OS2.ClH/c1-8-9(2)22-15-13(8)14(18-7-19-15)21-6-12(20)17-5-11(16)10-3-4-10;/h7,10-11H,3-6,16H2,1-2H3,(H,17,20);1H. The van der Waals surface area contributed by atoms with Crippen molar-refractivity contribution in [3.05, 3.63) is 16.8 Å². The van der Waals surface area contributed by atoms with Crippen LogP contribution in [0.2, 0.25) is 0 Å². The number of amides is 1. The Morgan fingerprint density at radius 1 is 1.48 bits per heavy atom. The zero-order chi connectivity index (χ0) is 15.7. The summed E-state index contributed by atoms with van der Waals surface area (Å²) < 4.78 is 0. The Morgan fingerprint density at radius 2 is 2.22 bits per heavy atom. The number of halogens is 1. The van der Waals surface area contributed by atoms with Crippen LogP contribution in [0.25, 0.3) is 10.2 Å². The van der Waals surface area contributed by atoms with Crippen LogP contribution >= 0.6 is 35.5 Å². The van der Waals surface area contributed by atoms with Crippen LogP contribution in [0.5, 0.6) is 0 Å². The third-order valence-electron chi connectivity index (χ3n) is 4.03. The van der Waals surface area contributed by atoms with Gasteiger partial charge in [0.05, 0.1) is 5.75 Å². The summed E-state index contributed by atoms with van der Waals surface area (Å²) in [6.07, 6.45) is 3.96. The molecule has 1 atom stereocenters. The van der Waals surface area contributed by atoms with Gasteiger partial charge in [-0.3, -0.25) is 4.79 Å². The molecule has 1 unspecified atom stereocenters. The molecule has 0 aliphatic heterocycles. The molecule has 1 amide bonds. The Kier molecular flexibility index (Phi) is 6.25. The number of rotatable bonds is 6. The highest BCUT2D eigenvalue weighted by Crippen LogP contribution is 2.34. The molecular formula is C15H21ClN4OS2. The van der Waals surface area contributed by atoms with Crippen LogP contribution in [0.4, 0.5) is 0 Å². The van der Waals surface area contributed by atoms with E-state index in [0.29, 0.717) is 18.2 Å². The molecule has 0 spiro atoms. The molecule has 2 aromatic heterocycles. The van der Waals surface area contributed by atoms with Gasteiger partial charge in [0.25, 0.3) is 0 Å². The van der Waals surface area contributed by atoms with Gasteiger partial charge in [0.2, 0.25) is 5.91 Å². The van der Waals surface area contributed by atoms with E-state index in [1.807, 2.05) is 0 Å². The predicted molar refractivity (Wildman–Crippen MR) is 98.6 cm³/mol. The first kappa shape index (κ1) is 18.4. The molecule has 5 nitrogen and oxygen atoms in total. The van der Waals surface area contributed by atoms with Gasteiger partial charge in [-0.25, -0.2) is 9.97 Å². The molecular weight excluding hydrogens is 352 g/mol. The Labute approximate surface area is 150 Å². The lowest BCUT2D eigenvalue weighted by atomic mass is 10.2. The highest BCUT2D eigenvalue weighted by atomic mass is 35.5. The van der Waals surface area contributed by atoms with E-state index < -0.39 is 0 Å². The molecule has 1 aliphatic rings. The smallest absolute Gasteiger partial charge is 0.230 e. The van der Waals surface area contributed by atoms with Crippen molar-refractivity contribution >= 4 is 51.6 Å². The van der Waals surface area contributed by atoms with Crippen LogP contribution in [-0.2, 0) is 4.79 Å². The number of hydrogen-bond acceptors (Lipinski definition) is 6. The number of nitrogens with one attached hydrogen (secondary N) is 1. The maximum Gasteiger partial charge on any atom is 0.230 e. The van der Waals surface area contributed by atoms with Crippen LogP contribution < -0.4 is 11.1 Å². The van der Waals surface area contributed by atoms with Crippen molar-refractivity contribution in [1.29, 1.82) is 0 Å². The molecule has 0 radical (unpaired) electrons. The molecule has 3 N–H and O–H groups in total. The number of carbonyl (C=O) groups excluding carboxylic acids is 1. The van der Waals surface area contributed by atoms with Crippen molar-refractivity contribution in [2.75, 3.05) is 12.3 Å². The average Bonchev–Trinajstić information content (AvgIpc) is 3.30. The monoisotopic (exact) mass is 372 g/mol. The summed E-state index contributed by atoms with van der Waals surface area (Å²) in [7, 11) is 0. The lowest BCUT2D eigenvalue weighted by molar-refractivity contribution is -0.118. The van der Waals surface area contributed by atoms with E-state index in [0.717, 1.165) is 15.2 Å². The van der Waals surface area contributed by atoms with Gasteiger partial charge in [0.15, 0.2) is 0 Å². The molecule has 1 fully saturated rings. The molecule has 2 aromatic rings. The molecule has 3 rings (SSSR count). The second-order valence-corrected chi connectivity index (χ2v) is 7.90. The third-order valence-corrected chi connectivity index (χ3v) is 6.14. The molecule has 0 bridgehead atoms. The Hall–Kier alpha value is -0.890. The van der Waals surface area contributed by atoms with Crippen LogP contribution in [0.3, 0.4) is 0 Å². The van der Waals surface area contributed by atoms with Gasteiger partial charge in [-0.05, 0) is 38.2 Å². The van der Waals surface area contributed by atoms with Gasteiger partial charge >= 0.3 is 0 Å². The molecule has 1 saturated carbocycles. The topological polar surface area (TPSA) is 80.9 Å². The van der Waals surface area contributed by atoms with Gasteiger partial charge < -0.3 is 11.1 Å². The Bertz CT molecular complexity index is 702. The highest BCUT2D eigenvalue weighted by molar-refractivity contribution is 8.00. The fraction of sp³-hybridized carbons (Fsp3) is 0.533. The number of thioether (sulfide) groups is 1. The normalized spacial score (nSPS) is 15.3. The Balaban J connectivity index is 0.00000192.